The van der Waals surface area contributed by atoms with Gasteiger partial charge in [0.1, 0.15) is 0 Å². The molecule has 0 spiro atoms. The predicted octanol–water partition coefficient (Wildman–Crippen LogP) is 3.23. The van der Waals surface area contributed by atoms with Gasteiger partial charge >= 0.3 is 18.3 Å². The van der Waals surface area contributed by atoms with Crippen molar-refractivity contribution in [2.45, 2.75) is 44.1 Å². The molecular weight excluding hydrogens is 294 g/mol. The zero-order valence-corrected chi connectivity index (χ0v) is 10.4. The van der Waals surface area contributed by atoms with Gasteiger partial charge in [0.25, 0.3) is 6.10 Å². The maximum absolute atomic E-state index is 12.2. The summed E-state index contributed by atoms with van der Waals surface area (Å²) in [5.41, 5.74) is 0. The number of carbonyl (C=O) groups excluding carboxylic acids is 1. The first-order chi connectivity index (χ1) is 9.10. The highest BCUT2D eigenvalue weighted by atomic mass is 19.4. The Kier molecular flexibility index (Phi) is 5.67. The van der Waals surface area contributed by atoms with Gasteiger partial charge in [-0.05, 0) is 25.2 Å². The van der Waals surface area contributed by atoms with E-state index in [1.807, 2.05) is 0 Å². The van der Waals surface area contributed by atoms with Gasteiger partial charge in [-0.1, -0.05) is 0 Å². The van der Waals surface area contributed by atoms with E-state index in [0.29, 0.717) is 26.1 Å². The maximum Gasteiger partial charge on any atom is 0.434 e. The van der Waals surface area contributed by atoms with Gasteiger partial charge in [0.05, 0.1) is 0 Å². The molecule has 1 fully saturated rings. The predicted molar refractivity (Wildman–Crippen MR) is 54.8 cm³/mol. The van der Waals surface area contributed by atoms with E-state index in [0.717, 1.165) is 0 Å². The van der Waals surface area contributed by atoms with Crippen LogP contribution in [0.25, 0.3) is 0 Å². The van der Waals surface area contributed by atoms with Crippen molar-refractivity contribution in [3.8, 4) is 0 Å². The summed E-state index contributed by atoms with van der Waals surface area (Å²) in [4.78, 5) is 11.1. The number of alkyl halides is 6. The van der Waals surface area contributed by atoms with Crippen LogP contribution < -0.4 is 0 Å². The third-order valence-electron chi connectivity index (χ3n) is 2.94. The summed E-state index contributed by atoms with van der Waals surface area (Å²) >= 11 is 0. The fraction of sp³-hybridized carbons (Fsp3) is 0.909. The summed E-state index contributed by atoms with van der Waals surface area (Å²) in [5.74, 6) is -1.43. The molecule has 0 unspecified atom stereocenters. The monoisotopic (exact) mass is 308 g/mol. The van der Waals surface area contributed by atoms with Crippen LogP contribution >= 0.6 is 0 Å². The molecule has 0 aromatic heterocycles. The van der Waals surface area contributed by atoms with Crippen LogP contribution in [0.5, 0.6) is 0 Å². The lowest BCUT2D eigenvalue weighted by Gasteiger charge is -2.24. The van der Waals surface area contributed by atoms with Crippen LogP contribution in [0.2, 0.25) is 0 Å². The number of halogens is 6. The fourth-order valence-corrected chi connectivity index (χ4v) is 1.87. The maximum atomic E-state index is 12.2. The standard InChI is InChI=1S/C11H14F6O3/c12-10(13,14)9(11(15,16)17)20-8(18)2-1-7-3-5-19-6-4-7/h7,9H,1-6H2. The topological polar surface area (TPSA) is 35.5 Å². The molecule has 9 heteroatoms. The first-order valence-corrected chi connectivity index (χ1v) is 6.01. The fourth-order valence-electron chi connectivity index (χ4n) is 1.87. The summed E-state index contributed by atoms with van der Waals surface area (Å²) in [7, 11) is 0. The molecule has 0 aliphatic carbocycles. The Morgan fingerprint density at radius 1 is 1.10 bits per heavy atom. The Hall–Kier alpha value is -0.990. The summed E-state index contributed by atoms with van der Waals surface area (Å²) in [6, 6.07) is 0. The molecule has 1 aliphatic heterocycles. The molecule has 20 heavy (non-hydrogen) atoms. The van der Waals surface area contributed by atoms with Gasteiger partial charge in [-0.25, -0.2) is 0 Å². The molecule has 1 rings (SSSR count). The molecule has 1 saturated heterocycles. The van der Waals surface area contributed by atoms with E-state index in [1.165, 1.54) is 0 Å². The minimum Gasteiger partial charge on any atom is -0.443 e. The van der Waals surface area contributed by atoms with Crippen LogP contribution in [0.4, 0.5) is 26.3 Å². The van der Waals surface area contributed by atoms with E-state index in [4.69, 9.17) is 4.74 Å². The molecule has 0 N–H and O–H groups in total. The second kappa shape index (κ2) is 6.64. The molecule has 0 radical (unpaired) electrons. The third-order valence-corrected chi connectivity index (χ3v) is 2.94. The Balaban J connectivity index is 2.46. The van der Waals surface area contributed by atoms with E-state index in [9.17, 15) is 31.1 Å². The first-order valence-electron chi connectivity index (χ1n) is 6.01. The van der Waals surface area contributed by atoms with E-state index in [2.05, 4.69) is 4.74 Å². The highest BCUT2D eigenvalue weighted by Crippen LogP contribution is 2.36. The number of ether oxygens (including phenoxy) is 2. The molecule has 3 nitrogen and oxygen atoms in total. The van der Waals surface area contributed by atoms with Crippen LogP contribution in [-0.4, -0.2) is 37.6 Å². The Morgan fingerprint density at radius 2 is 1.60 bits per heavy atom. The third kappa shape index (κ3) is 5.56. The lowest BCUT2D eigenvalue weighted by atomic mass is 9.95. The minimum absolute atomic E-state index is 0.0616. The van der Waals surface area contributed by atoms with E-state index in [1.54, 1.807) is 0 Å². The average molecular weight is 308 g/mol. The highest BCUT2D eigenvalue weighted by Gasteiger charge is 2.59. The van der Waals surface area contributed by atoms with Gasteiger partial charge in [0.15, 0.2) is 0 Å². The van der Waals surface area contributed by atoms with Gasteiger partial charge in [0.2, 0.25) is 0 Å². The van der Waals surface area contributed by atoms with Crippen molar-refractivity contribution in [1.82, 2.24) is 0 Å². The van der Waals surface area contributed by atoms with E-state index in [-0.39, 0.29) is 12.3 Å². The first kappa shape index (κ1) is 17.1. The molecule has 118 valence electrons. The van der Waals surface area contributed by atoms with Crippen molar-refractivity contribution in [2.24, 2.45) is 5.92 Å². The van der Waals surface area contributed by atoms with E-state index >= 15 is 0 Å². The molecule has 0 bridgehead atoms. The SMILES string of the molecule is O=C(CCC1CCOCC1)OC(C(F)(F)F)C(F)(F)F. The molecule has 1 heterocycles. The summed E-state index contributed by atoms with van der Waals surface area (Å²) in [5, 5.41) is 0. The van der Waals surface area contributed by atoms with Crippen LogP contribution in [0, 0.1) is 5.92 Å². The number of hydrogen-bond acceptors (Lipinski definition) is 3. The molecule has 0 aromatic carbocycles. The second-order valence-corrected chi connectivity index (χ2v) is 4.55. The minimum atomic E-state index is -5.66. The quantitative estimate of drug-likeness (QED) is 0.591. The van der Waals surface area contributed by atoms with Crippen molar-refractivity contribution < 1.29 is 40.6 Å². The van der Waals surface area contributed by atoms with E-state index < -0.39 is 30.8 Å². The van der Waals surface area contributed by atoms with Gasteiger partial charge in [-0.2, -0.15) is 26.3 Å². The molecule has 0 saturated carbocycles. The molecule has 0 amide bonds. The number of carbonyl (C=O) groups is 1. The summed E-state index contributed by atoms with van der Waals surface area (Å²) in [6.45, 7) is 0.959. The van der Waals surface area contributed by atoms with Gasteiger partial charge in [0, 0.05) is 19.6 Å². The second-order valence-electron chi connectivity index (χ2n) is 4.55. The van der Waals surface area contributed by atoms with Crippen LogP contribution in [0.3, 0.4) is 0 Å². The molecule has 1 aliphatic rings. The Morgan fingerprint density at radius 3 is 2.05 bits per heavy atom. The van der Waals surface area contributed by atoms with Gasteiger partial charge < -0.3 is 9.47 Å². The largest absolute Gasteiger partial charge is 0.443 e. The number of hydrogen-bond donors (Lipinski definition) is 0. The smallest absolute Gasteiger partial charge is 0.434 e. The average Bonchev–Trinajstić information content (AvgIpc) is 2.32. The van der Waals surface area contributed by atoms with Crippen molar-refractivity contribution in [1.29, 1.82) is 0 Å². The molecule has 0 aromatic rings. The van der Waals surface area contributed by atoms with Gasteiger partial charge in [-0.15, -0.1) is 0 Å². The lowest BCUT2D eigenvalue weighted by Crippen LogP contribution is -2.45. The summed E-state index contributed by atoms with van der Waals surface area (Å²) in [6.07, 6.45) is -14.4. The molecular formula is C11H14F6O3. The lowest BCUT2D eigenvalue weighted by molar-refractivity contribution is -0.313. The Bertz CT molecular complexity index is 305. The van der Waals surface area contributed by atoms with Crippen LogP contribution in [-0.2, 0) is 14.3 Å². The Labute approximate surface area is 111 Å². The summed E-state index contributed by atoms with van der Waals surface area (Å²) < 4.78 is 81.5. The van der Waals surface area contributed by atoms with Crippen molar-refractivity contribution >= 4 is 5.97 Å². The van der Waals surface area contributed by atoms with Crippen LogP contribution in [0.1, 0.15) is 25.7 Å². The van der Waals surface area contributed by atoms with Crippen molar-refractivity contribution in [3.63, 3.8) is 0 Å². The number of esters is 1. The zero-order chi connectivity index (χ0) is 15.4. The highest BCUT2D eigenvalue weighted by molar-refractivity contribution is 5.69. The zero-order valence-electron chi connectivity index (χ0n) is 10.4. The van der Waals surface area contributed by atoms with Crippen LogP contribution in [0.15, 0.2) is 0 Å². The van der Waals surface area contributed by atoms with Gasteiger partial charge in [-0.3, -0.25) is 4.79 Å². The molecule has 0 atom stereocenters. The normalized spacial score (nSPS) is 18.4. The van der Waals surface area contributed by atoms with Crippen molar-refractivity contribution in [2.75, 3.05) is 13.2 Å². The van der Waals surface area contributed by atoms with Crippen molar-refractivity contribution in [3.05, 3.63) is 0 Å². The number of rotatable bonds is 4.